The van der Waals surface area contributed by atoms with Crippen molar-refractivity contribution >= 4 is 0 Å². The molecule has 0 fully saturated rings. The van der Waals surface area contributed by atoms with Gasteiger partial charge in [0.15, 0.2) is 0 Å². The molecule has 0 radical (unpaired) electrons. The molecule has 0 aromatic rings. The maximum Gasteiger partial charge on any atom is 0.0879 e. The van der Waals surface area contributed by atoms with Gasteiger partial charge in [0.25, 0.3) is 0 Å². The first-order valence-electron chi connectivity index (χ1n) is 4.73. The van der Waals surface area contributed by atoms with Crippen molar-refractivity contribution in [1.82, 2.24) is 0 Å². The van der Waals surface area contributed by atoms with Gasteiger partial charge in [0.05, 0.1) is 11.7 Å². The SMILES string of the molecule is CCCO[C@@H](C(C)C)C(C)(C)O. The van der Waals surface area contributed by atoms with Crippen molar-refractivity contribution in [3.63, 3.8) is 0 Å². The van der Waals surface area contributed by atoms with E-state index in [0.29, 0.717) is 5.92 Å². The second kappa shape index (κ2) is 4.83. The van der Waals surface area contributed by atoms with Crippen LogP contribution in [0.2, 0.25) is 0 Å². The Morgan fingerprint density at radius 1 is 1.33 bits per heavy atom. The van der Waals surface area contributed by atoms with Crippen molar-refractivity contribution < 1.29 is 9.84 Å². The highest BCUT2D eigenvalue weighted by molar-refractivity contribution is 4.80. The highest BCUT2D eigenvalue weighted by Crippen LogP contribution is 2.20. The molecular formula is C10H22O2. The van der Waals surface area contributed by atoms with Gasteiger partial charge in [-0.25, -0.2) is 0 Å². The Hall–Kier alpha value is -0.0800. The molecule has 1 N–H and O–H groups in total. The lowest BCUT2D eigenvalue weighted by Gasteiger charge is -2.32. The molecule has 0 saturated carbocycles. The van der Waals surface area contributed by atoms with Gasteiger partial charge in [0.2, 0.25) is 0 Å². The highest BCUT2D eigenvalue weighted by atomic mass is 16.5. The first-order chi connectivity index (χ1) is 5.39. The zero-order valence-corrected chi connectivity index (χ0v) is 8.92. The van der Waals surface area contributed by atoms with Gasteiger partial charge in [-0.1, -0.05) is 20.8 Å². The summed E-state index contributed by atoms with van der Waals surface area (Å²) >= 11 is 0. The predicted octanol–water partition coefficient (Wildman–Crippen LogP) is 2.21. The van der Waals surface area contributed by atoms with Gasteiger partial charge in [0, 0.05) is 6.61 Å². The van der Waals surface area contributed by atoms with Crippen molar-refractivity contribution in [2.45, 2.75) is 52.7 Å². The van der Waals surface area contributed by atoms with Crippen LogP contribution >= 0.6 is 0 Å². The minimum absolute atomic E-state index is 0.0579. The fraction of sp³-hybridized carbons (Fsp3) is 1.00. The van der Waals surface area contributed by atoms with E-state index in [4.69, 9.17) is 4.74 Å². The normalized spacial score (nSPS) is 15.2. The second-order valence-electron chi connectivity index (χ2n) is 4.19. The van der Waals surface area contributed by atoms with E-state index < -0.39 is 5.60 Å². The Morgan fingerprint density at radius 3 is 2.08 bits per heavy atom. The maximum atomic E-state index is 9.75. The van der Waals surface area contributed by atoms with E-state index in [9.17, 15) is 5.11 Å². The smallest absolute Gasteiger partial charge is 0.0879 e. The maximum absolute atomic E-state index is 9.75. The fourth-order valence-corrected chi connectivity index (χ4v) is 1.46. The first-order valence-corrected chi connectivity index (χ1v) is 4.73. The zero-order valence-electron chi connectivity index (χ0n) is 8.92. The Labute approximate surface area is 75.9 Å². The van der Waals surface area contributed by atoms with Crippen LogP contribution in [0.25, 0.3) is 0 Å². The number of hydrogen-bond acceptors (Lipinski definition) is 2. The summed E-state index contributed by atoms with van der Waals surface area (Å²) < 4.78 is 5.57. The van der Waals surface area contributed by atoms with E-state index in [2.05, 4.69) is 20.8 Å². The van der Waals surface area contributed by atoms with Crippen molar-refractivity contribution in [2.24, 2.45) is 5.92 Å². The molecule has 74 valence electrons. The quantitative estimate of drug-likeness (QED) is 0.692. The van der Waals surface area contributed by atoms with Crippen molar-refractivity contribution in [3.8, 4) is 0 Å². The van der Waals surface area contributed by atoms with Crippen LogP contribution in [0.3, 0.4) is 0 Å². The van der Waals surface area contributed by atoms with Crippen LogP contribution in [0, 0.1) is 5.92 Å². The van der Waals surface area contributed by atoms with Gasteiger partial charge >= 0.3 is 0 Å². The van der Waals surface area contributed by atoms with Gasteiger partial charge in [0.1, 0.15) is 0 Å². The molecule has 2 heteroatoms. The molecule has 0 aromatic carbocycles. The third-order valence-corrected chi connectivity index (χ3v) is 1.80. The van der Waals surface area contributed by atoms with Crippen LogP contribution in [0.1, 0.15) is 41.0 Å². The Morgan fingerprint density at radius 2 is 1.83 bits per heavy atom. The minimum Gasteiger partial charge on any atom is -0.388 e. The summed E-state index contributed by atoms with van der Waals surface area (Å²) in [6.45, 7) is 10.5. The molecule has 0 aliphatic carbocycles. The number of aliphatic hydroxyl groups is 1. The molecule has 0 spiro atoms. The minimum atomic E-state index is -0.733. The summed E-state index contributed by atoms with van der Waals surface area (Å²) in [6, 6.07) is 0. The number of hydrogen-bond donors (Lipinski definition) is 1. The lowest BCUT2D eigenvalue weighted by Crippen LogP contribution is -2.42. The van der Waals surface area contributed by atoms with Gasteiger partial charge in [-0.2, -0.15) is 0 Å². The molecular weight excluding hydrogens is 152 g/mol. The fourth-order valence-electron chi connectivity index (χ4n) is 1.46. The van der Waals surface area contributed by atoms with E-state index in [-0.39, 0.29) is 6.10 Å². The van der Waals surface area contributed by atoms with E-state index in [1.54, 1.807) is 13.8 Å². The lowest BCUT2D eigenvalue weighted by atomic mass is 9.92. The van der Waals surface area contributed by atoms with Crippen LogP contribution in [-0.4, -0.2) is 23.4 Å². The van der Waals surface area contributed by atoms with Crippen molar-refractivity contribution in [1.29, 1.82) is 0 Å². The monoisotopic (exact) mass is 174 g/mol. The molecule has 0 saturated heterocycles. The summed E-state index contributed by atoms with van der Waals surface area (Å²) in [5, 5.41) is 9.75. The van der Waals surface area contributed by atoms with Crippen molar-refractivity contribution in [3.05, 3.63) is 0 Å². The van der Waals surface area contributed by atoms with E-state index in [0.717, 1.165) is 13.0 Å². The molecule has 0 bridgehead atoms. The summed E-state index contributed by atoms with van der Waals surface area (Å²) in [7, 11) is 0. The summed E-state index contributed by atoms with van der Waals surface area (Å²) in [5.74, 6) is 0.358. The van der Waals surface area contributed by atoms with Gasteiger partial charge in [-0.3, -0.25) is 0 Å². The van der Waals surface area contributed by atoms with Gasteiger partial charge < -0.3 is 9.84 Å². The second-order valence-corrected chi connectivity index (χ2v) is 4.19. The third kappa shape index (κ3) is 4.07. The predicted molar refractivity (Wildman–Crippen MR) is 51.2 cm³/mol. The first kappa shape index (κ1) is 11.9. The summed E-state index contributed by atoms with van der Waals surface area (Å²) in [6.07, 6.45) is 0.941. The molecule has 0 amide bonds. The largest absolute Gasteiger partial charge is 0.388 e. The molecule has 0 heterocycles. The average Bonchev–Trinajstić information content (AvgIpc) is 1.84. The topological polar surface area (TPSA) is 29.5 Å². The van der Waals surface area contributed by atoms with Gasteiger partial charge in [-0.05, 0) is 26.2 Å². The van der Waals surface area contributed by atoms with E-state index in [1.165, 1.54) is 0 Å². The molecule has 0 aliphatic rings. The van der Waals surface area contributed by atoms with Gasteiger partial charge in [-0.15, -0.1) is 0 Å². The van der Waals surface area contributed by atoms with Crippen LogP contribution in [0.5, 0.6) is 0 Å². The van der Waals surface area contributed by atoms with Crippen LogP contribution in [0.15, 0.2) is 0 Å². The Bertz CT molecular complexity index is 113. The van der Waals surface area contributed by atoms with Crippen LogP contribution in [-0.2, 0) is 4.74 Å². The van der Waals surface area contributed by atoms with E-state index in [1.807, 2.05) is 0 Å². The molecule has 1 atom stereocenters. The Balaban J connectivity index is 4.05. The molecule has 2 nitrogen and oxygen atoms in total. The summed E-state index contributed by atoms with van der Waals surface area (Å²) in [4.78, 5) is 0. The van der Waals surface area contributed by atoms with Crippen molar-refractivity contribution in [2.75, 3.05) is 6.61 Å². The average molecular weight is 174 g/mol. The number of ether oxygens (including phenoxy) is 1. The van der Waals surface area contributed by atoms with Crippen LogP contribution in [0.4, 0.5) is 0 Å². The summed E-state index contributed by atoms with van der Waals surface area (Å²) in [5.41, 5.74) is -0.733. The Kier molecular flexibility index (Phi) is 4.80. The molecule has 0 rings (SSSR count). The molecule has 0 aromatic heterocycles. The lowest BCUT2D eigenvalue weighted by molar-refractivity contribution is -0.108. The van der Waals surface area contributed by atoms with Crippen LogP contribution < -0.4 is 0 Å². The molecule has 12 heavy (non-hydrogen) atoms. The highest BCUT2D eigenvalue weighted by Gasteiger charge is 2.29. The standard InChI is InChI=1S/C10H22O2/c1-6-7-12-9(8(2)3)10(4,5)11/h8-9,11H,6-7H2,1-5H3/t9-/m0/s1. The zero-order chi connectivity index (χ0) is 9.78. The number of rotatable bonds is 5. The third-order valence-electron chi connectivity index (χ3n) is 1.80. The molecule has 0 aliphatic heterocycles. The molecule has 0 unspecified atom stereocenters. The van der Waals surface area contributed by atoms with E-state index >= 15 is 0 Å².